The lowest BCUT2D eigenvalue weighted by atomic mass is 9.98. The van der Waals surface area contributed by atoms with E-state index < -0.39 is 27.3 Å². The summed E-state index contributed by atoms with van der Waals surface area (Å²) in [6.07, 6.45) is -3.82. The summed E-state index contributed by atoms with van der Waals surface area (Å²) in [5.74, 6) is -1.01. The van der Waals surface area contributed by atoms with Crippen LogP contribution in [0.2, 0.25) is 0 Å². The molecule has 2 aromatic carbocycles. The van der Waals surface area contributed by atoms with Crippen LogP contribution in [0.5, 0.6) is 5.75 Å². The third-order valence-corrected chi connectivity index (χ3v) is 4.27. The van der Waals surface area contributed by atoms with Gasteiger partial charge in [0, 0.05) is 11.8 Å². The Labute approximate surface area is 130 Å². The summed E-state index contributed by atoms with van der Waals surface area (Å²) in [5.41, 5.74) is -1.62. The van der Waals surface area contributed by atoms with Crippen molar-refractivity contribution in [1.29, 1.82) is 5.26 Å². The van der Waals surface area contributed by atoms with E-state index in [0.29, 0.717) is 6.07 Å². The van der Waals surface area contributed by atoms with Gasteiger partial charge in [0.15, 0.2) is 9.84 Å². The van der Waals surface area contributed by atoms with Crippen LogP contribution in [0, 0.1) is 11.3 Å². The smallest absolute Gasteiger partial charge is 0.420 e. The summed E-state index contributed by atoms with van der Waals surface area (Å²) in [7, 11) is -3.45. The molecule has 0 aliphatic heterocycles. The van der Waals surface area contributed by atoms with Gasteiger partial charge < -0.3 is 5.11 Å². The van der Waals surface area contributed by atoms with Gasteiger partial charge in [0.2, 0.25) is 0 Å². The first-order valence-electron chi connectivity index (χ1n) is 6.19. The van der Waals surface area contributed by atoms with Crippen molar-refractivity contribution in [3.05, 3.63) is 47.5 Å². The molecule has 0 fully saturated rings. The van der Waals surface area contributed by atoms with Crippen LogP contribution in [0.4, 0.5) is 13.2 Å². The monoisotopic (exact) mass is 341 g/mol. The van der Waals surface area contributed by atoms with Crippen molar-refractivity contribution in [2.24, 2.45) is 0 Å². The number of phenolic OH excluding ortho intramolecular Hbond substituents is 1. The topological polar surface area (TPSA) is 78.2 Å². The van der Waals surface area contributed by atoms with E-state index in [0.717, 1.165) is 12.3 Å². The van der Waals surface area contributed by atoms with Gasteiger partial charge in [-0.15, -0.1) is 0 Å². The minimum atomic E-state index is -4.82. The van der Waals surface area contributed by atoms with Crippen LogP contribution in [0.25, 0.3) is 11.1 Å². The summed E-state index contributed by atoms with van der Waals surface area (Å²) in [6.45, 7) is 0. The maximum Gasteiger partial charge on any atom is 0.420 e. The number of aromatic hydroxyl groups is 1. The first-order chi connectivity index (χ1) is 10.5. The number of phenols is 1. The Bertz CT molecular complexity index is 895. The van der Waals surface area contributed by atoms with Crippen molar-refractivity contribution in [1.82, 2.24) is 0 Å². The van der Waals surface area contributed by atoms with Gasteiger partial charge in [-0.25, -0.2) is 8.42 Å². The summed E-state index contributed by atoms with van der Waals surface area (Å²) in [5, 5.41) is 18.7. The molecule has 0 unspecified atom stereocenters. The lowest BCUT2D eigenvalue weighted by Crippen LogP contribution is -2.06. The van der Waals surface area contributed by atoms with Crippen LogP contribution < -0.4 is 0 Å². The van der Waals surface area contributed by atoms with Crippen molar-refractivity contribution < 1.29 is 26.7 Å². The zero-order chi connectivity index (χ0) is 17.4. The molecule has 0 bridgehead atoms. The highest BCUT2D eigenvalue weighted by Crippen LogP contribution is 2.42. The van der Waals surface area contributed by atoms with E-state index in [1.165, 1.54) is 24.3 Å². The molecule has 2 rings (SSSR count). The highest BCUT2D eigenvalue weighted by molar-refractivity contribution is 7.90. The van der Waals surface area contributed by atoms with Crippen LogP contribution in [0.15, 0.2) is 41.3 Å². The Hall–Kier alpha value is -2.53. The van der Waals surface area contributed by atoms with Gasteiger partial charge in [0.25, 0.3) is 0 Å². The molecule has 0 saturated heterocycles. The molecule has 120 valence electrons. The molecule has 8 heteroatoms. The number of hydrogen-bond donors (Lipinski definition) is 1. The second-order valence-electron chi connectivity index (χ2n) is 4.83. The van der Waals surface area contributed by atoms with Crippen molar-refractivity contribution in [2.75, 3.05) is 6.26 Å². The fraction of sp³-hybridized carbons (Fsp3) is 0.133. The van der Waals surface area contributed by atoms with E-state index in [1.54, 1.807) is 6.07 Å². The van der Waals surface area contributed by atoms with Crippen molar-refractivity contribution in [3.63, 3.8) is 0 Å². The van der Waals surface area contributed by atoms with E-state index in [-0.39, 0.29) is 21.6 Å². The number of sulfone groups is 1. The molecule has 0 atom stereocenters. The molecule has 0 saturated carbocycles. The molecule has 0 heterocycles. The molecule has 4 nitrogen and oxygen atoms in total. The van der Waals surface area contributed by atoms with Gasteiger partial charge in [-0.2, -0.15) is 18.4 Å². The third-order valence-electron chi connectivity index (χ3n) is 3.14. The van der Waals surface area contributed by atoms with Crippen LogP contribution >= 0.6 is 0 Å². The van der Waals surface area contributed by atoms with Crippen molar-refractivity contribution in [2.45, 2.75) is 11.1 Å². The number of nitriles is 1. The first kappa shape index (κ1) is 16.8. The molecule has 23 heavy (non-hydrogen) atoms. The first-order valence-corrected chi connectivity index (χ1v) is 8.08. The zero-order valence-electron chi connectivity index (χ0n) is 11.7. The van der Waals surface area contributed by atoms with Crippen LogP contribution in [-0.4, -0.2) is 19.8 Å². The highest BCUT2D eigenvalue weighted by atomic mass is 32.2. The van der Waals surface area contributed by atoms with Gasteiger partial charge in [0.1, 0.15) is 5.75 Å². The highest BCUT2D eigenvalue weighted by Gasteiger charge is 2.35. The Morgan fingerprint density at radius 1 is 1.13 bits per heavy atom. The molecule has 0 spiro atoms. The van der Waals surface area contributed by atoms with Crippen LogP contribution in [0.3, 0.4) is 0 Å². The number of nitrogens with zero attached hydrogens (tertiary/aromatic N) is 1. The van der Waals surface area contributed by atoms with Crippen LogP contribution in [0.1, 0.15) is 11.1 Å². The number of hydrogen-bond acceptors (Lipinski definition) is 4. The Morgan fingerprint density at radius 3 is 2.13 bits per heavy atom. The molecule has 0 amide bonds. The third kappa shape index (κ3) is 3.46. The van der Waals surface area contributed by atoms with E-state index in [4.69, 9.17) is 5.26 Å². The Morgan fingerprint density at radius 2 is 1.70 bits per heavy atom. The standard InChI is InChI=1S/C15H10F3NO3S/c1-23(21,22)11-4-2-10(3-5-11)12-6-9(8-19)7-13(14(12)20)15(16,17)18/h2-7,20H,1H3. The predicted octanol–water partition coefficient (Wildman–Crippen LogP) is 3.35. The van der Waals surface area contributed by atoms with Gasteiger partial charge in [-0.1, -0.05) is 12.1 Å². The molecule has 0 radical (unpaired) electrons. The van der Waals surface area contributed by atoms with Crippen molar-refractivity contribution in [3.8, 4) is 22.9 Å². The molecule has 0 aliphatic rings. The molecule has 1 N–H and O–H groups in total. The lowest BCUT2D eigenvalue weighted by Gasteiger charge is -2.13. The average molecular weight is 341 g/mol. The number of alkyl halides is 3. The zero-order valence-corrected chi connectivity index (χ0v) is 12.5. The summed E-state index contributed by atoms with van der Waals surface area (Å²) >= 11 is 0. The Kier molecular flexibility index (Phi) is 4.09. The maximum absolute atomic E-state index is 12.9. The average Bonchev–Trinajstić information content (AvgIpc) is 2.45. The maximum atomic E-state index is 12.9. The molecular formula is C15H10F3NO3S. The van der Waals surface area contributed by atoms with Crippen LogP contribution in [-0.2, 0) is 16.0 Å². The molecule has 0 aromatic heterocycles. The second kappa shape index (κ2) is 5.59. The predicted molar refractivity (Wildman–Crippen MR) is 76.4 cm³/mol. The summed E-state index contributed by atoms with van der Waals surface area (Å²) < 4.78 is 61.6. The lowest BCUT2D eigenvalue weighted by molar-refractivity contribution is -0.138. The minimum Gasteiger partial charge on any atom is -0.507 e. The molecular weight excluding hydrogens is 331 g/mol. The molecule has 0 aliphatic carbocycles. The van der Waals surface area contributed by atoms with Gasteiger partial charge >= 0.3 is 6.18 Å². The van der Waals surface area contributed by atoms with Crippen molar-refractivity contribution >= 4 is 9.84 Å². The van der Waals surface area contributed by atoms with Gasteiger partial charge in [-0.05, 0) is 29.8 Å². The largest absolute Gasteiger partial charge is 0.507 e. The normalized spacial score (nSPS) is 12.0. The quantitative estimate of drug-likeness (QED) is 0.908. The van der Waals surface area contributed by atoms with Gasteiger partial charge in [0.05, 0.1) is 22.1 Å². The molecule has 2 aromatic rings. The summed E-state index contributed by atoms with van der Waals surface area (Å²) in [6, 6.07) is 8.25. The second-order valence-corrected chi connectivity index (χ2v) is 6.84. The fourth-order valence-corrected chi connectivity index (χ4v) is 2.65. The fourth-order valence-electron chi connectivity index (χ4n) is 2.02. The minimum absolute atomic E-state index is 0.00628. The number of benzene rings is 2. The van der Waals surface area contributed by atoms with E-state index in [1.807, 2.05) is 0 Å². The number of halogens is 3. The SMILES string of the molecule is CS(=O)(=O)c1ccc(-c2cc(C#N)cc(C(F)(F)F)c2O)cc1. The van der Waals surface area contributed by atoms with E-state index in [2.05, 4.69) is 0 Å². The van der Waals surface area contributed by atoms with E-state index in [9.17, 15) is 26.7 Å². The number of rotatable bonds is 2. The Balaban J connectivity index is 2.66. The van der Waals surface area contributed by atoms with E-state index >= 15 is 0 Å². The summed E-state index contributed by atoms with van der Waals surface area (Å²) in [4.78, 5) is -0.00628. The van der Waals surface area contributed by atoms with Gasteiger partial charge in [-0.3, -0.25) is 0 Å².